The molecule has 0 amide bonds. The van der Waals surface area contributed by atoms with E-state index in [0.717, 1.165) is 19.3 Å². The van der Waals surface area contributed by atoms with Crippen molar-refractivity contribution >= 4 is 39.9 Å². The Labute approximate surface area is 135 Å². The monoisotopic (exact) mass is 344 g/mol. The molecule has 2 aliphatic rings. The van der Waals surface area contributed by atoms with Gasteiger partial charge in [-0.25, -0.2) is 18.7 Å². The average molecular weight is 345 g/mol. The maximum absolute atomic E-state index is 14.2. The number of pyridine rings is 1. The van der Waals surface area contributed by atoms with Crippen molar-refractivity contribution in [2.24, 2.45) is 5.92 Å². The summed E-state index contributed by atoms with van der Waals surface area (Å²) in [6.07, 6.45) is 3.34. The van der Waals surface area contributed by atoms with Crippen LogP contribution in [0.2, 0.25) is 10.4 Å². The highest BCUT2D eigenvalue weighted by molar-refractivity contribution is 6.30. The summed E-state index contributed by atoms with van der Waals surface area (Å²) in [5.41, 5.74) is 0.0202. The Hall–Kier alpha value is -1.27. The van der Waals surface area contributed by atoms with Gasteiger partial charge in [0.1, 0.15) is 17.5 Å². The van der Waals surface area contributed by atoms with Gasteiger partial charge in [0, 0.05) is 18.7 Å². The maximum Gasteiger partial charge on any atom is 0.225 e. The van der Waals surface area contributed by atoms with Crippen LogP contribution in [0.1, 0.15) is 19.3 Å². The molecule has 2 aromatic heterocycles. The van der Waals surface area contributed by atoms with E-state index in [0.29, 0.717) is 17.7 Å². The van der Waals surface area contributed by atoms with Crippen molar-refractivity contribution in [1.29, 1.82) is 0 Å². The number of nitrogens with zero attached hydrogens (tertiary/aromatic N) is 4. The third kappa shape index (κ3) is 2.12. The molecule has 0 aromatic carbocycles. The molecule has 3 heterocycles. The van der Waals surface area contributed by atoms with Crippen molar-refractivity contribution in [2.45, 2.75) is 31.5 Å². The average Bonchev–Trinajstić information content (AvgIpc) is 3.18. The van der Waals surface area contributed by atoms with Gasteiger partial charge in [-0.05, 0) is 24.4 Å². The Morgan fingerprint density at radius 2 is 2.05 bits per heavy atom. The lowest BCUT2D eigenvalue weighted by Crippen LogP contribution is -2.29. The molecule has 1 saturated carbocycles. The van der Waals surface area contributed by atoms with Gasteiger partial charge in [-0.3, -0.25) is 0 Å². The minimum absolute atomic E-state index is 0.0202. The fraction of sp³-hybridized carbons (Fsp3) is 0.500. The Morgan fingerprint density at radius 3 is 2.86 bits per heavy atom. The van der Waals surface area contributed by atoms with Gasteiger partial charge in [0.05, 0.1) is 11.4 Å². The van der Waals surface area contributed by atoms with Crippen molar-refractivity contribution in [3.8, 4) is 0 Å². The number of halogens is 4. The van der Waals surface area contributed by atoms with Gasteiger partial charge < -0.3 is 4.90 Å². The summed E-state index contributed by atoms with van der Waals surface area (Å²) in [6.45, 7) is 0.661. The molecule has 2 fully saturated rings. The molecule has 1 saturated heterocycles. The first-order chi connectivity index (χ1) is 10.6. The molecule has 0 spiro atoms. The van der Waals surface area contributed by atoms with Crippen LogP contribution in [0.5, 0.6) is 0 Å². The van der Waals surface area contributed by atoms with Gasteiger partial charge in [-0.2, -0.15) is 4.98 Å². The summed E-state index contributed by atoms with van der Waals surface area (Å²) in [6, 6.07) is -0.213. The molecule has 3 atom stereocenters. The molecule has 8 heteroatoms. The molecule has 116 valence electrons. The zero-order valence-electron chi connectivity index (χ0n) is 11.4. The molecule has 0 bridgehead atoms. The van der Waals surface area contributed by atoms with E-state index in [-0.39, 0.29) is 27.9 Å². The van der Waals surface area contributed by atoms with Gasteiger partial charge in [0.15, 0.2) is 11.0 Å². The Balaban J connectivity index is 1.89. The zero-order valence-corrected chi connectivity index (χ0v) is 13.0. The quantitative estimate of drug-likeness (QED) is 0.582. The third-order valence-corrected chi connectivity index (χ3v) is 4.88. The van der Waals surface area contributed by atoms with Gasteiger partial charge in [0.2, 0.25) is 5.28 Å². The summed E-state index contributed by atoms with van der Waals surface area (Å²) < 4.78 is 28.2. The highest BCUT2D eigenvalue weighted by atomic mass is 35.5. The van der Waals surface area contributed by atoms with E-state index in [1.807, 2.05) is 4.90 Å². The van der Waals surface area contributed by atoms with E-state index in [1.54, 1.807) is 0 Å². The van der Waals surface area contributed by atoms with E-state index in [2.05, 4.69) is 15.0 Å². The van der Waals surface area contributed by atoms with E-state index in [9.17, 15) is 8.78 Å². The summed E-state index contributed by atoms with van der Waals surface area (Å²) in [5.74, 6) is -0.268. The molecule has 2 aromatic rings. The standard InChI is InChI=1S/C14H12Cl2F2N4/c15-12-9(18)10-7(5-19-12)13(21-14(16)20-10)22-4-2-1-3-6-8(17)11(6)22/h5-6,8,11H,1-4H2/t6-,8+,11-/m0/s1. The lowest BCUT2D eigenvalue weighted by Gasteiger charge is -2.24. The number of rotatable bonds is 1. The number of fused-ring (bicyclic) bond motifs is 2. The van der Waals surface area contributed by atoms with Crippen LogP contribution < -0.4 is 4.90 Å². The van der Waals surface area contributed by atoms with Crippen molar-refractivity contribution in [3.05, 3.63) is 22.5 Å². The zero-order chi connectivity index (χ0) is 15.4. The summed E-state index contributed by atoms with van der Waals surface area (Å²) in [5, 5.41) is 0.0586. The number of alkyl halides is 1. The molecule has 4 nitrogen and oxygen atoms in total. The minimum Gasteiger partial charge on any atom is -0.350 e. The van der Waals surface area contributed by atoms with Crippen molar-refractivity contribution in [2.75, 3.05) is 11.4 Å². The van der Waals surface area contributed by atoms with Crippen molar-refractivity contribution < 1.29 is 8.78 Å². The lowest BCUT2D eigenvalue weighted by atomic mass is 10.2. The molecule has 0 N–H and O–H groups in total. The van der Waals surface area contributed by atoms with E-state index in [1.165, 1.54) is 6.20 Å². The topological polar surface area (TPSA) is 41.9 Å². The molecule has 1 aliphatic carbocycles. The summed E-state index contributed by atoms with van der Waals surface area (Å²) in [7, 11) is 0. The van der Waals surface area contributed by atoms with Crippen LogP contribution in [0.25, 0.3) is 10.9 Å². The van der Waals surface area contributed by atoms with Crippen LogP contribution >= 0.6 is 23.2 Å². The van der Waals surface area contributed by atoms with Crippen LogP contribution in [-0.2, 0) is 0 Å². The van der Waals surface area contributed by atoms with Gasteiger partial charge in [-0.1, -0.05) is 18.0 Å². The second-order valence-corrected chi connectivity index (χ2v) is 6.43. The molecular formula is C14H12Cl2F2N4. The smallest absolute Gasteiger partial charge is 0.225 e. The van der Waals surface area contributed by atoms with E-state index in [4.69, 9.17) is 23.2 Å². The van der Waals surface area contributed by atoms with Crippen LogP contribution in [-0.4, -0.2) is 33.7 Å². The van der Waals surface area contributed by atoms with Crippen molar-refractivity contribution in [1.82, 2.24) is 15.0 Å². The number of aromatic nitrogens is 3. The first-order valence-electron chi connectivity index (χ1n) is 7.16. The van der Waals surface area contributed by atoms with Crippen molar-refractivity contribution in [3.63, 3.8) is 0 Å². The second kappa shape index (κ2) is 5.13. The maximum atomic E-state index is 14.2. The number of hydrogen-bond acceptors (Lipinski definition) is 4. The Morgan fingerprint density at radius 1 is 1.23 bits per heavy atom. The largest absolute Gasteiger partial charge is 0.350 e. The first kappa shape index (κ1) is 14.3. The normalized spacial score (nSPS) is 27.6. The van der Waals surface area contributed by atoms with Crippen LogP contribution in [0, 0.1) is 11.7 Å². The fourth-order valence-corrected chi connectivity index (χ4v) is 3.62. The first-order valence-corrected chi connectivity index (χ1v) is 7.91. The van der Waals surface area contributed by atoms with E-state index >= 15 is 0 Å². The number of anilines is 1. The highest BCUT2D eigenvalue weighted by Gasteiger charge is 2.55. The predicted molar refractivity (Wildman–Crippen MR) is 80.7 cm³/mol. The van der Waals surface area contributed by atoms with Gasteiger partial charge >= 0.3 is 0 Å². The summed E-state index contributed by atoms with van der Waals surface area (Å²) in [4.78, 5) is 13.8. The fourth-order valence-electron chi connectivity index (χ4n) is 3.32. The summed E-state index contributed by atoms with van der Waals surface area (Å²) >= 11 is 11.6. The van der Waals surface area contributed by atoms with Gasteiger partial charge in [-0.15, -0.1) is 0 Å². The molecule has 0 radical (unpaired) electrons. The minimum atomic E-state index is -0.866. The molecule has 4 rings (SSSR count). The highest BCUT2D eigenvalue weighted by Crippen LogP contribution is 2.47. The molecular weight excluding hydrogens is 333 g/mol. The number of hydrogen-bond donors (Lipinski definition) is 0. The Kier molecular flexibility index (Phi) is 3.34. The Bertz CT molecular complexity index is 757. The third-order valence-electron chi connectivity index (χ3n) is 4.45. The lowest BCUT2D eigenvalue weighted by molar-refractivity contribution is 0.420. The van der Waals surface area contributed by atoms with Crippen LogP contribution in [0.15, 0.2) is 6.20 Å². The second-order valence-electron chi connectivity index (χ2n) is 5.73. The SMILES string of the molecule is Fc1c(Cl)ncc2c(N3CCCC[C@H]4[C@@H](F)[C@H]43)nc(Cl)nc12. The molecule has 1 aliphatic heterocycles. The molecule has 22 heavy (non-hydrogen) atoms. The predicted octanol–water partition coefficient (Wildman–Crippen LogP) is 3.80. The van der Waals surface area contributed by atoms with E-state index < -0.39 is 12.0 Å². The van der Waals surface area contributed by atoms with Crippen LogP contribution in [0.4, 0.5) is 14.6 Å². The van der Waals surface area contributed by atoms with Gasteiger partial charge in [0.25, 0.3) is 0 Å². The van der Waals surface area contributed by atoms with Crippen LogP contribution in [0.3, 0.4) is 0 Å². The molecule has 0 unspecified atom stereocenters.